The van der Waals surface area contributed by atoms with Crippen molar-refractivity contribution < 1.29 is 9.72 Å². The van der Waals surface area contributed by atoms with Crippen LogP contribution in [0.3, 0.4) is 0 Å². The van der Waals surface area contributed by atoms with Gasteiger partial charge in [0.15, 0.2) is 0 Å². The second kappa shape index (κ2) is 7.16. The molecule has 118 valence electrons. The summed E-state index contributed by atoms with van der Waals surface area (Å²) in [5.74, 6) is -0.468. The molecule has 0 unspecified atom stereocenters. The lowest BCUT2D eigenvalue weighted by Gasteiger charge is -2.23. The van der Waals surface area contributed by atoms with Gasteiger partial charge in [-0.1, -0.05) is 13.8 Å². The van der Waals surface area contributed by atoms with Gasteiger partial charge in [-0.15, -0.1) is 0 Å². The number of hydrogen-bond acceptors (Lipinski definition) is 5. The van der Waals surface area contributed by atoms with Crippen LogP contribution in [0.5, 0.6) is 0 Å². The summed E-state index contributed by atoms with van der Waals surface area (Å²) in [4.78, 5) is 25.0. The molecule has 0 bridgehead atoms. The number of carbonyl (C=O) groups excluding carboxylic acids is 1. The van der Waals surface area contributed by atoms with Crippen LogP contribution in [0.2, 0.25) is 0 Å². The van der Waals surface area contributed by atoms with Crippen LogP contribution in [0.1, 0.15) is 37.0 Å². The topological polar surface area (TPSA) is 93.3 Å². The largest absolute Gasteiger partial charge is 0.347 e. The molecule has 8 heteroatoms. The fraction of sp³-hybridized carbons (Fsp3) is 0.692. The molecular formula is C13H23N5O3. The number of nitro groups is 1. The first-order valence-electron chi connectivity index (χ1n) is 7.02. The number of nitrogens with one attached hydrogen (secondary N) is 1. The zero-order valence-corrected chi connectivity index (χ0v) is 13.2. The van der Waals surface area contributed by atoms with Crippen LogP contribution in [0.25, 0.3) is 0 Å². The van der Waals surface area contributed by atoms with E-state index in [2.05, 4.69) is 15.3 Å². The third-order valence-corrected chi connectivity index (χ3v) is 3.39. The molecule has 0 aliphatic heterocycles. The maximum absolute atomic E-state index is 12.3. The third kappa shape index (κ3) is 4.01. The summed E-state index contributed by atoms with van der Waals surface area (Å²) < 4.78 is 1.26. The van der Waals surface area contributed by atoms with E-state index in [-0.39, 0.29) is 23.1 Å². The molecule has 1 aromatic rings. The molecule has 1 heterocycles. The molecule has 1 amide bonds. The summed E-state index contributed by atoms with van der Waals surface area (Å²) in [6.45, 7) is 9.98. The maximum atomic E-state index is 12.3. The van der Waals surface area contributed by atoms with E-state index in [0.717, 1.165) is 13.1 Å². The lowest BCUT2D eigenvalue weighted by molar-refractivity contribution is -0.385. The number of carbonyl (C=O) groups is 1. The monoisotopic (exact) mass is 297 g/mol. The van der Waals surface area contributed by atoms with Crippen LogP contribution in [0.4, 0.5) is 5.69 Å². The van der Waals surface area contributed by atoms with Crippen molar-refractivity contribution in [3.05, 3.63) is 21.5 Å². The Morgan fingerprint density at radius 1 is 1.48 bits per heavy atom. The van der Waals surface area contributed by atoms with Gasteiger partial charge in [-0.3, -0.25) is 19.6 Å². The Labute approximate surface area is 124 Å². The Hall–Kier alpha value is -1.96. The average molecular weight is 297 g/mol. The second-order valence-corrected chi connectivity index (χ2v) is 5.02. The number of hydrogen-bond donors (Lipinski definition) is 1. The number of amides is 1. The van der Waals surface area contributed by atoms with Crippen molar-refractivity contribution in [2.45, 2.75) is 33.7 Å². The lowest BCUT2D eigenvalue weighted by Crippen LogP contribution is -2.42. The highest BCUT2D eigenvalue weighted by atomic mass is 16.6. The molecule has 1 atom stereocenters. The van der Waals surface area contributed by atoms with Gasteiger partial charge in [0.25, 0.3) is 5.91 Å². The number of aromatic nitrogens is 2. The molecule has 0 saturated carbocycles. The Morgan fingerprint density at radius 3 is 2.52 bits per heavy atom. The Morgan fingerprint density at radius 2 is 2.05 bits per heavy atom. The van der Waals surface area contributed by atoms with E-state index < -0.39 is 10.8 Å². The van der Waals surface area contributed by atoms with Crippen LogP contribution in [0.15, 0.2) is 0 Å². The molecule has 1 N–H and O–H groups in total. The molecular weight excluding hydrogens is 274 g/mol. The van der Waals surface area contributed by atoms with E-state index in [4.69, 9.17) is 0 Å². The first-order valence-corrected chi connectivity index (χ1v) is 7.02. The molecule has 0 radical (unpaired) electrons. The van der Waals surface area contributed by atoms with Gasteiger partial charge < -0.3 is 10.2 Å². The van der Waals surface area contributed by atoms with Crippen molar-refractivity contribution in [3.8, 4) is 0 Å². The van der Waals surface area contributed by atoms with Crippen LogP contribution in [0, 0.1) is 17.0 Å². The molecule has 0 aromatic carbocycles. The van der Waals surface area contributed by atoms with Gasteiger partial charge in [-0.05, 0) is 26.9 Å². The highest BCUT2D eigenvalue weighted by Crippen LogP contribution is 2.22. The van der Waals surface area contributed by atoms with Gasteiger partial charge in [0, 0.05) is 19.6 Å². The molecule has 8 nitrogen and oxygen atoms in total. The summed E-state index contributed by atoms with van der Waals surface area (Å²) in [5, 5.41) is 17.8. The Kier molecular flexibility index (Phi) is 5.83. The first-order chi connectivity index (χ1) is 9.81. The van der Waals surface area contributed by atoms with Gasteiger partial charge in [0.1, 0.15) is 5.69 Å². The van der Waals surface area contributed by atoms with Crippen LogP contribution in [-0.2, 0) is 7.05 Å². The molecule has 0 fully saturated rings. The van der Waals surface area contributed by atoms with Crippen LogP contribution in [-0.4, -0.2) is 51.2 Å². The first kappa shape index (κ1) is 17.1. The Bertz CT molecular complexity index is 522. The normalized spacial score (nSPS) is 12.5. The number of likely N-dealkylation sites (N-methyl/N-ethyl adjacent to an activating group) is 1. The summed E-state index contributed by atoms with van der Waals surface area (Å²) >= 11 is 0. The molecule has 0 aliphatic carbocycles. The molecule has 1 aromatic heterocycles. The summed E-state index contributed by atoms with van der Waals surface area (Å²) in [7, 11) is 1.53. The lowest BCUT2D eigenvalue weighted by atomic mass is 10.2. The van der Waals surface area contributed by atoms with E-state index in [1.165, 1.54) is 18.7 Å². The van der Waals surface area contributed by atoms with Crippen molar-refractivity contribution in [2.24, 2.45) is 7.05 Å². The fourth-order valence-corrected chi connectivity index (χ4v) is 2.33. The van der Waals surface area contributed by atoms with Gasteiger partial charge in [-0.2, -0.15) is 5.10 Å². The molecule has 21 heavy (non-hydrogen) atoms. The minimum Gasteiger partial charge on any atom is -0.347 e. The zero-order chi connectivity index (χ0) is 16.2. The zero-order valence-electron chi connectivity index (χ0n) is 13.2. The smallest absolute Gasteiger partial charge is 0.322 e. The van der Waals surface area contributed by atoms with Crippen molar-refractivity contribution >= 4 is 11.6 Å². The fourth-order valence-electron chi connectivity index (χ4n) is 2.33. The van der Waals surface area contributed by atoms with E-state index in [0.29, 0.717) is 6.54 Å². The Balaban J connectivity index is 2.88. The van der Waals surface area contributed by atoms with Crippen LogP contribution >= 0.6 is 0 Å². The molecule has 0 saturated heterocycles. The highest BCUT2D eigenvalue weighted by molar-refractivity contribution is 5.97. The second-order valence-electron chi connectivity index (χ2n) is 5.02. The highest BCUT2D eigenvalue weighted by Gasteiger charge is 2.29. The quantitative estimate of drug-likeness (QED) is 0.601. The minimum atomic E-state index is -0.563. The third-order valence-electron chi connectivity index (χ3n) is 3.39. The SMILES string of the molecule is CCN(CC)C[C@H](C)NC(=O)c1c([N+](=O)[O-])c(C)nn1C. The standard InChI is InChI=1S/C13H23N5O3/c1-6-17(7-2)8-9(3)14-13(19)12-11(18(20)21)10(4)15-16(12)5/h9H,6-8H2,1-5H3,(H,14,19)/t9-/m0/s1. The van der Waals surface area contributed by atoms with Gasteiger partial charge in [0.05, 0.1) is 4.92 Å². The van der Waals surface area contributed by atoms with Crippen molar-refractivity contribution in [1.82, 2.24) is 20.0 Å². The van der Waals surface area contributed by atoms with Crippen LogP contribution < -0.4 is 5.32 Å². The summed E-state index contributed by atoms with van der Waals surface area (Å²) in [6.07, 6.45) is 0. The van der Waals surface area contributed by atoms with E-state index >= 15 is 0 Å². The summed E-state index contributed by atoms with van der Waals surface area (Å²) in [6, 6.07) is -0.104. The minimum absolute atomic E-state index is 0.0103. The number of rotatable bonds is 7. The molecule has 1 rings (SSSR count). The van der Waals surface area contributed by atoms with Crippen molar-refractivity contribution in [3.63, 3.8) is 0 Å². The predicted molar refractivity (Wildman–Crippen MR) is 79.3 cm³/mol. The van der Waals surface area contributed by atoms with Gasteiger partial charge >= 0.3 is 5.69 Å². The van der Waals surface area contributed by atoms with Gasteiger partial charge in [-0.25, -0.2) is 0 Å². The van der Waals surface area contributed by atoms with Crippen molar-refractivity contribution in [1.29, 1.82) is 0 Å². The van der Waals surface area contributed by atoms with Gasteiger partial charge in [0.2, 0.25) is 5.69 Å². The summed E-state index contributed by atoms with van der Waals surface area (Å²) in [5.41, 5.74) is -0.00187. The predicted octanol–water partition coefficient (Wildman–Crippen LogP) is 1.10. The number of aryl methyl sites for hydroxylation is 2. The van der Waals surface area contributed by atoms with E-state index in [1.807, 2.05) is 20.8 Å². The average Bonchev–Trinajstić information content (AvgIpc) is 2.70. The molecule has 0 spiro atoms. The van der Waals surface area contributed by atoms with E-state index in [1.54, 1.807) is 0 Å². The van der Waals surface area contributed by atoms with Crippen molar-refractivity contribution in [2.75, 3.05) is 19.6 Å². The maximum Gasteiger partial charge on any atom is 0.322 e. The van der Waals surface area contributed by atoms with E-state index in [9.17, 15) is 14.9 Å². The molecule has 0 aliphatic rings. The number of nitrogens with zero attached hydrogens (tertiary/aromatic N) is 4.